The fourth-order valence-electron chi connectivity index (χ4n) is 1.58. The molecule has 0 bridgehead atoms. The second-order valence-corrected chi connectivity index (χ2v) is 3.76. The molecule has 0 aromatic heterocycles. The number of carbonyl (C=O) groups excluding carboxylic acids is 1. The van der Waals surface area contributed by atoms with E-state index in [0.717, 1.165) is 18.7 Å². The third kappa shape index (κ3) is 3.31. The molecule has 0 spiro atoms. The van der Waals surface area contributed by atoms with Gasteiger partial charge in [-0.15, -0.1) is 0 Å². The number of rotatable bonds is 6. The van der Waals surface area contributed by atoms with Crippen LogP contribution in [0.25, 0.3) is 0 Å². The van der Waals surface area contributed by atoms with Gasteiger partial charge in [0.05, 0.1) is 0 Å². The zero-order valence-corrected chi connectivity index (χ0v) is 10.1. The molecule has 0 fully saturated rings. The highest BCUT2D eigenvalue weighted by Gasteiger charge is 2.11. The summed E-state index contributed by atoms with van der Waals surface area (Å²) < 4.78 is 0. The van der Waals surface area contributed by atoms with Crippen molar-refractivity contribution in [3.05, 3.63) is 48.0 Å². The van der Waals surface area contributed by atoms with Crippen molar-refractivity contribution in [2.45, 2.75) is 13.8 Å². The van der Waals surface area contributed by atoms with Crippen molar-refractivity contribution in [2.75, 3.05) is 19.6 Å². The van der Waals surface area contributed by atoms with Crippen LogP contribution in [0, 0.1) is 0 Å². The second-order valence-electron chi connectivity index (χ2n) is 3.76. The van der Waals surface area contributed by atoms with E-state index >= 15 is 0 Å². The SMILES string of the molecule is C=C(CN(CC)CC)C(=O)c1ccccc1. The minimum atomic E-state index is 0.0486. The maximum Gasteiger partial charge on any atom is 0.189 e. The lowest BCUT2D eigenvalue weighted by Crippen LogP contribution is -2.27. The van der Waals surface area contributed by atoms with Gasteiger partial charge in [0.2, 0.25) is 0 Å². The summed E-state index contributed by atoms with van der Waals surface area (Å²) in [5.74, 6) is 0.0486. The Morgan fingerprint density at radius 2 is 1.75 bits per heavy atom. The molecule has 0 atom stereocenters. The molecule has 0 heterocycles. The van der Waals surface area contributed by atoms with Crippen molar-refractivity contribution in [1.82, 2.24) is 4.90 Å². The van der Waals surface area contributed by atoms with Crippen LogP contribution in [0.2, 0.25) is 0 Å². The third-order valence-corrected chi connectivity index (χ3v) is 2.67. The van der Waals surface area contributed by atoms with Crippen LogP contribution in [0.15, 0.2) is 42.5 Å². The van der Waals surface area contributed by atoms with Crippen LogP contribution >= 0.6 is 0 Å². The van der Waals surface area contributed by atoms with Crippen LogP contribution in [0.3, 0.4) is 0 Å². The average Bonchev–Trinajstić information content (AvgIpc) is 2.35. The first-order chi connectivity index (χ1) is 7.69. The molecule has 86 valence electrons. The molecule has 1 aromatic rings. The molecule has 1 rings (SSSR count). The summed E-state index contributed by atoms with van der Waals surface area (Å²) >= 11 is 0. The summed E-state index contributed by atoms with van der Waals surface area (Å²) in [5, 5.41) is 0. The predicted octanol–water partition coefficient (Wildman–Crippen LogP) is 2.77. The molecule has 0 saturated heterocycles. The molecule has 0 N–H and O–H groups in total. The summed E-state index contributed by atoms with van der Waals surface area (Å²) in [6.45, 7) is 10.6. The Balaban J connectivity index is 2.65. The lowest BCUT2D eigenvalue weighted by molar-refractivity contribution is 0.102. The molecular formula is C14H19NO. The molecule has 0 unspecified atom stereocenters. The van der Waals surface area contributed by atoms with Crippen LogP contribution < -0.4 is 0 Å². The zero-order chi connectivity index (χ0) is 12.0. The third-order valence-electron chi connectivity index (χ3n) is 2.67. The van der Waals surface area contributed by atoms with Crippen LogP contribution in [0.4, 0.5) is 0 Å². The molecule has 0 aliphatic rings. The summed E-state index contributed by atoms with van der Waals surface area (Å²) in [5.41, 5.74) is 1.38. The number of hydrogen-bond acceptors (Lipinski definition) is 2. The largest absolute Gasteiger partial charge is 0.300 e. The molecule has 0 aliphatic heterocycles. The molecule has 0 aliphatic carbocycles. The Morgan fingerprint density at radius 1 is 1.19 bits per heavy atom. The number of Topliss-reactive ketones (excluding diaryl/α,β-unsaturated/α-hetero) is 1. The Kier molecular flexibility index (Phi) is 4.93. The highest BCUT2D eigenvalue weighted by molar-refractivity contribution is 6.08. The van der Waals surface area contributed by atoms with Gasteiger partial charge < -0.3 is 0 Å². The van der Waals surface area contributed by atoms with E-state index in [0.29, 0.717) is 12.1 Å². The van der Waals surface area contributed by atoms with E-state index in [-0.39, 0.29) is 5.78 Å². The molecule has 1 aromatic carbocycles. The van der Waals surface area contributed by atoms with Gasteiger partial charge in [-0.2, -0.15) is 0 Å². The molecule has 2 nitrogen and oxygen atoms in total. The smallest absolute Gasteiger partial charge is 0.189 e. The van der Waals surface area contributed by atoms with Gasteiger partial charge in [0.25, 0.3) is 0 Å². The summed E-state index contributed by atoms with van der Waals surface area (Å²) in [4.78, 5) is 14.2. The maximum atomic E-state index is 12.0. The van der Waals surface area contributed by atoms with Gasteiger partial charge >= 0.3 is 0 Å². The number of likely N-dealkylation sites (N-methyl/N-ethyl adjacent to an activating group) is 1. The molecular weight excluding hydrogens is 198 g/mol. The lowest BCUT2D eigenvalue weighted by Gasteiger charge is -2.18. The Labute approximate surface area is 97.6 Å². The maximum absolute atomic E-state index is 12.0. The number of carbonyl (C=O) groups is 1. The van der Waals surface area contributed by atoms with Crippen molar-refractivity contribution >= 4 is 5.78 Å². The second kappa shape index (κ2) is 6.23. The van der Waals surface area contributed by atoms with Crippen LogP contribution in [0.1, 0.15) is 24.2 Å². The van der Waals surface area contributed by atoms with Gasteiger partial charge in [-0.05, 0) is 13.1 Å². The van der Waals surface area contributed by atoms with E-state index in [1.807, 2.05) is 30.3 Å². The van der Waals surface area contributed by atoms with Crippen molar-refractivity contribution in [2.24, 2.45) is 0 Å². The van der Waals surface area contributed by atoms with Crippen LogP contribution in [-0.2, 0) is 0 Å². The van der Waals surface area contributed by atoms with E-state index in [1.165, 1.54) is 0 Å². The van der Waals surface area contributed by atoms with Crippen LogP contribution in [0.5, 0.6) is 0 Å². The first kappa shape index (κ1) is 12.7. The van der Waals surface area contributed by atoms with E-state index in [4.69, 9.17) is 0 Å². The monoisotopic (exact) mass is 217 g/mol. The van der Waals surface area contributed by atoms with Gasteiger partial charge in [-0.3, -0.25) is 9.69 Å². The normalized spacial score (nSPS) is 10.4. The molecule has 0 radical (unpaired) electrons. The number of hydrogen-bond donors (Lipinski definition) is 0. The molecule has 16 heavy (non-hydrogen) atoms. The van der Waals surface area contributed by atoms with Crippen LogP contribution in [-0.4, -0.2) is 30.3 Å². The Hall–Kier alpha value is -1.41. The highest BCUT2D eigenvalue weighted by atomic mass is 16.1. The Morgan fingerprint density at radius 3 is 2.25 bits per heavy atom. The minimum Gasteiger partial charge on any atom is -0.300 e. The molecule has 0 saturated carbocycles. The zero-order valence-electron chi connectivity index (χ0n) is 10.1. The van der Waals surface area contributed by atoms with Gasteiger partial charge in [0.1, 0.15) is 0 Å². The molecule has 2 heteroatoms. The summed E-state index contributed by atoms with van der Waals surface area (Å²) in [6, 6.07) is 9.31. The van der Waals surface area contributed by atoms with Gasteiger partial charge in [0.15, 0.2) is 5.78 Å². The highest BCUT2D eigenvalue weighted by Crippen LogP contribution is 2.08. The number of benzene rings is 1. The predicted molar refractivity (Wildman–Crippen MR) is 67.7 cm³/mol. The number of ketones is 1. The van der Waals surface area contributed by atoms with Gasteiger partial charge in [0, 0.05) is 17.7 Å². The Bertz CT molecular complexity index is 352. The van der Waals surface area contributed by atoms with E-state index in [1.54, 1.807) is 0 Å². The topological polar surface area (TPSA) is 20.3 Å². The fraction of sp³-hybridized carbons (Fsp3) is 0.357. The number of nitrogens with zero attached hydrogens (tertiary/aromatic N) is 1. The van der Waals surface area contributed by atoms with Crippen molar-refractivity contribution in [3.8, 4) is 0 Å². The first-order valence-electron chi connectivity index (χ1n) is 5.68. The standard InChI is InChI=1S/C14H19NO/c1-4-15(5-2)11-12(3)14(16)13-9-7-6-8-10-13/h6-10H,3-5,11H2,1-2H3. The van der Waals surface area contributed by atoms with Crippen molar-refractivity contribution < 1.29 is 4.79 Å². The molecule has 0 amide bonds. The quantitative estimate of drug-likeness (QED) is 0.539. The fourth-order valence-corrected chi connectivity index (χ4v) is 1.58. The van der Waals surface area contributed by atoms with Crippen molar-refractivity contribution in [1.29, 1.82) is 0 Å². The van der Waals surface area contributed by atoms with Gasteiger partial charge in [-0.1, -0.05) is 50.8 Å². The minimum absolute atomic E-state index is 0.0486. The first-order valence-corrected chi connectivity index (χ1v) is 5.68. The summed E-state index contributed by atoms with van der Waals surface area (Å²) in [6.07, 6.45) is 0. The van der Waals surface area contributed by atoms with Crippen molar-refractivity contribution in [3.63, 3.8) is 0 Å². The van der Waals surface area contributed by atoms with E-state index in [9.17, 15) is 4.79 Å². The lowest BCUT2D eigenvalue weighted by atomic mass is 10.0. The summed E-state index contributed by atoms with van der Waals surface area (Å²) in [7, 11) is 0. The van der Waals surface area contributed by atoms with Gasteiger partial charge in [-0.25, -0.2) is 0 Å². The average molecular weight is 217 g/mol. The van der Waals surface area contributed by atoms with E-state index < -0.39 is 0 Å². The van der Waals surface area contributed by atoms with E-state index in [2.05, 4.69) is 25.3 Å².